The van der Waals surface area contributed by atoms with Gasteiger partial charge in [-0.2, -0.15) is 0 Å². The van der Waals surface area contributed by atoms with Crippen molar-refractivity contribution in [2.75, 3.05) is 20.1 Å². The van der Waals surface area contributed by atoms with E-state index in [1.165, 1.54) is 23.7 Å². The number of fused-ring (bicyclic) bond motifs is 2. The molecule has 0 saturated carbocycles. The Morgan fingerprint density at radius 1 is 1.23 bits per heavy atom. The number of hydrogen-bond acceptors (Lipinski definition) is 3. The van der Waals surface area contributed by atoms with Crippen LogP contribution in [0.4, 0.5) is 0 Å². The number of nitrogens with one attached hydrogen (secondary N) is 1. The minimum Gasteiger partial charge on any atom is -0.472 e. The zero-order valence-electron chi connectivity index (χ0n) is 15.0. The molecule has 1 fully saturated rings. The molecule has 0 radical (unpaired) electrons. The van der Waals surface area contributed by atoms with E-state index >= 15 is 0 Å². The summed E-state index contributed by atoms with van der Waals surface area (Å²) in [4.78, 5) is 26.4. The predicted molar refractivity (Wildman–Crippen MR) is 98.0 cm³/mol. The van der Waals surface area contributed by atoms with E-state index in [4.69, 9.17) is 4.42 Å². The molecule has 5 nitrogen and oxygen atoms in total. The fourth-order valence-corrected chi connectivity index (χ4v) is 4.72. The molecule has 5 heteroatoms. The van der Waals surface area contributed by atoms with Crippen LogP contribution < -0.4 is 5.32 Å². The Hall–Kier alpha value is -2.56. The van der Waals surface area contributed by atoms with Crippen LogP contribution in [-0.4, -0.2) is 36.9 Å². The van der Waals surface area contributed by atoms with Gasteiger partial charge in [0.1, 0.15) is 6.26 Å². The third-order valence-corrected chi connectivity index (χ3v) is 6.10. The van der Waals surface area contributed by atoms with Gasteiger partial charge in [0.15, 0.2) is 0 Å². The SMILES string of the molecule is CNC(=O)C[C@@H]1CC2(CCN(C(=O)c3ccoc3)CC2)c2ccccc21. The van der Waals surface area contributed by atoms with Crippen molar-refractivity contribution in [3.05, 3.63) is 59.5 Å². The van der Waals surface area contributed by atoms with Crippen molar-refractivity contribution in [1.29, 1.82) is 0 Å². The number of carbonyl (C=O) groups is 2. The van der Waals surface area contributed by atoms with Gasteiger partial charge in [-0.3, -0.25) is 9.59 Å². The number of piperidine rings is 1. The number of hydrogen-bond donors (Lipinski definition) is 1. The van der Waals surface area contributed by atoms with Crippen LogP contribution in [0, 0.1) is 0 Å². The summed E-state index contributed by atoms with van der Waals surface area (Å²) >= 11 is 0. The van der Waals surface area contributed by atoms with E-state index in [2.05, 4.69) is 29.6 Å². The topological polar surface area (TPSA) is 62.6 Å². The lowest BCUT2D eigenvalue weighted by molar-refractivity contribution is -0.121. The van der Waals surface area contributed by atoms with Crippen molar-refractivity contribution in [3.63, 3.8) is 0 Å². The normalized spacial score (nSPS) is 20.8. The molecule has 1 atom stereocenters. The van der Waals surface area contributed by atoms with Crippen molar-refractivity contribution >= 4 is 11.8 Å². The summed E-state index contributed by atoms with van der Waals surface area (Å²) in [7, 11) is 1.69. The van der Waals surface area contributed by atoms with Crippen LogP contribution in [0.1, 0.15) is 53.1 Å². The first-order chi connectivity index (χ1) is 12.6. The van der Waals surface area contributed by atoms with Crippen molar-refractivity contribution < 1.29 is 14.0 Å². The number of nitrogens with zero attached hydrogens (tertiary/aromatic N) is 1. The standard InChI is InChI=1S/C21H24N2O3/c1-22-19(24)12-16-13-21(18-5-3-2-4-17(16)18)7-9-23(10-8-21)20(25)15-6-11-26-14-15/h2-6,11,14,16H,7-10,12-13H2,1H3,(H,22,24)/t16-/m1/s1. The first-order valence-electron chi connectivity index (χ1n) is 9.24. The van der Waals surface area contributed by atoms with E-state index in [-0.39, 0.29) is 23.1 Å². The highest BCUT2D eigenvalue weighted by Gasteiger charge is 2.46. The van der Waals surface area contributed by atoms with Gasteiger partial charge in [0.05, 0.1) is 11.8 Å². The van der Waals surface area contributed by atoms with Gasteiger partial charge < -0.3 is 14.6 Å². The maximum atomic E-state index is 12.6. The van der Waals surface area contributed by atoms with E-state index in [0.29, 0.717) is 12.0 Å². The minimum atomic E-state index is 0.0433. The molecule has 1 aliphatic carbocycles. The Bertz CT molecular complexity index is 804. The second kappa shape index (κ2) is 6.63. The van der Waals surface area contributed by atoms with Crippen LogP contribution in [0.5, 0.6) is 0 Å². The third kappa shape index (κ3) is 2.81. The fourth-order valence-electron chi connectivity index (χ4n) is 4.72. The first-order valence-corrected chi connectivity index (χ1v) is 9.24. The van der Waals surface area contributed by atoms with Crippen molar-refractivity contribution in [2.24, 2.45) is 0 Å². The number of carbonyl (C=O) groups excluding carboxylic acids is 2. The number of rotatable bonds is 3. The molecule has 1 N–H and O–H groups in total. The van der Waals surface area contributed by atoms with Crippen LogP contribution in [0.25, 0.3) is 0 Å². The van der Waals surface area contributed by atoms with Gasteiger partial charge in [-0.05, 0) is 47.8 Å². The van der Waals surface area contributed by atoms with E-state index in [1.54, 1.807) is 13.1 Å². The second-order valence-corrected chi connectivity index (χ2v) is 7.45. The predicted octanol–water partition coefficient (Wildman–Crippen LogP) is 3.08. The summed E-state index contributed by atoms with van der Waals surface area (Å²) in [5, 5.41) is 2.75. The Labute approximate surface area is 153 Å². The average molecular weight is 352 g/mol. The first kappa shape index (κ1) is 16.9. The molecule has 1 saturated heterocycles. The molecule has 136 valence electrons. The monoisotopic (exact) mass is 352 g/mol. The molecule has 2 heterocycles. The quantitative estimate of drug-likeness (QED) is 0.923. The minimum absolute atomic E-state index is 0.0433. The van der Waals surface area contributed by atoms with Crippen LogP contribution in [0.15, 0.2) is 47.3 Å². The maximum absolute atomic E-state index is 12.6. The van der Waals surface area contributed by atoms with Gasteiger partial charge in [-0.25, -0.2) is 0 Å². The van der Waals surface area contributed by atoms with Gasteiger partial charge in [-0.15, -0.1) is 0 Å². The molecule has 4 rings (SSSR count). The summed E-state index contributed by atoms with van der Waals surface area (Å²) in [6.45, 7) is 1.48. The summed E-state index contributed by atoms with van der Waals surface area (Å²) in [5.41, 5.74) is 3.39. The molecule has 1 spiro atoms. The van der Waals surface area contributed by atoms with Gasteiger partial charge in [0, 0.05) is 26.6 Å². The molecule has 2 aliphatic rings. The third-order valence-electron chi connectivity index (χ3n) is 6.10. The van der Waals surface area contributed by atoms with Gasteiger partial charge in [-0.1, -0.05) is 24.3 Å². The van der Waals surface area contributed by atoms with Gasteiger partial charge in [0.2, 0.25) is 5.91 Å². The molecule has 0 unspecified atom stereocenters. The molecular weight excluding hydrogens is 328 g/mol. The average Bonchev–Trinajstić information content (AvgIpc) is 3.30. The molecular formula is C21H24N2O3. The van der Waals surface area contributed by atoms with E-state index < -0.39 is 0 Å². The lowest BCUT2D eigenvalue weighted by atomic mass is 9.73. The lowest BCUT2D eigenvalue weighted by Gasteiger charge is -2.40. The molecule has 2 aromatic rings. The highest BCUT2D eigenvalue weighted by Crippen LogP contribution is 2.52. The number of furan rings is 1. The fraction of sp³-hybridized carbons (Fsp3) is 0.429. The molecule has 1 aromatic heterocycles. The highest BCUT2D eigenvalue weighted by atomic mass is 16.3. The number of benzene rings is 1. The van der Waals surface area contributed by atoms with Gasteiger partial charge >= 0.3 is 0 Å². The second-order valence-electron chi connectivity index (χ2n) is 7.45. The van der Waals surface area contributed by atoms with E-state index in [0.717, 1.165) is 32.4 Å². The number of amides is 2. The maximum Gasteiger partial charge on any atom is 0.257 e. The van der Waals surface area contributed by atoms with Crippen molar-refractivity contribution in [1.82, 2.24) is 10.2 Å². The Balaban J connectivity index is 1.53. The highest BCUT2D eigenvalue weighted by molar-refractivity contribution is 5.93. The molecule has 26 heavy (non-hydrogen) atoms. The van der Waals surface area contributed by atoms with Crippen LogP contribution in [0.2, 0.25) is 0 Å². The lowest BCUT2D eigenvalue weighted by Crippen LogP contribution is -2.44. The molecule has 2 amide bonds. The Kier molecular flexibility index (Phi) is 4.31. The largest absolute Gasteiger partial charge is 0.472 e. The van der Waals surface area contributed by atoms with Crippen LogP contribution in [-0.2, 0) is 10.2 Å². The van der Waals surface area contributed by atoms with Crippen LogP contribution in [0.3, 0.4) is 0 Å². The molecule has 1 aliphatic heterocycles. The smallest absolute Gasteiger partial charge is 0.257 e. The summed E-state index contributed by atoms with van der Waals surface area (Å²) < 4.78 is 5.04. The molecule has 0 bridgehead atoms. The number of likely N-dealkylation sites (tertiary alicyclic amines) is 1. The Morgan fingerprint density at radius 3 is 2.69 bits per heavy atom. The van der Waals surface area contributed by atoms with Crippen LogP contribution >= 0.6 is 0 Å². The van der Waals surface area contributed by atoms with E-state index in [9.17, 15) is 9.59 Å². The zero-order chi connectivity index (χ0) is 18.1. The van der Waals surface area contributed by atoms with Crippen molar-refractivity contribution in [3.8, 4) is 0 Å². The Morgan fingerprint density at radius 2 is 2.00 bits per heavy atom. The van der Waals surface area contributed by atoms with Gasteiger partial charge in [0.25, 0.3) is 5.91 Å². The summed E-state index contributed by atoms with van der Waals surface area (Å²) in [6, 6.07) is 10.3. The van der Waals surface area contributed by atoms with Crippen molar-refractivity contribution in [2.45, 2.75) is 37.0 Å². The summed E-state index contributed by atoms with van der Waals surface area (Å²) in [6.07, 6.45) is 6.46. The molecule has 1 aromatic carbocycles. The van der Waals surface area contributed by atoms with E-state index in [1.807, 2.05) is 4.90 Å². The zero-order valence-corrected chi connectivity index (χ0v) is 15.0. The summed E-state index contributed by atoms with van der Waals surface area (Å²) in [5.74, 6) is 0.401.